The monoisotopic (exact) mass is 371 g/mol. The third-order valence-electron chi connectivity index (χ3n) is 5.80. The van der Waals surface area contributed by atoms with Crippen molar-refractivity contribution in [2.45, 2.75) is 51.0 Å². The van der Waals surface area contributed by atoms with Crippen molar-refractivity contribution in [3.8, 4) is 0 Å². The smallest absolute Gasteiger partial charge is 0.325 e. The number of hydrogen-bond donors (Lipinski definition) is 2. The summed E-state index contributed by atoms with van der Waals surface area (Å²) in [7, 11) is 0. The Morgan fingerprint density at radius 1 is 1.22 bits per heavy atom. The number of nitrogens with one attached hydrogen (secondary N) is 2. The van der Waals surface area contributed by atoms with Gasteiger partial charge in [-0.2, -0.15) is 0 Å². The fourth-order valence-corrected chi connectivity index (χ4v) is 4.05. The first-order valence-corrected chi connectivity index (χ1v) is 9.70. The molecule has 2 fully saturated rings. The molecule has 4 rings (SSSR count). The van der Waals surface area contributed by atoms with Gasteiger partial charge < -0.3 is 14.5 Å². The molecule has 8 nitrogen and oxygen atoms in total. The maximum atomic E-state index is 12.7. The summed E-state index contributed by atoms with van der Waals surface area (Å²) in [5.41, 5.74) is -0.780. The number of aromatic nitrogens is 4. The SMILES string of the molecule is O=C(Cc1c[nH]c(=O)[nH]c1=O)N1CCC[C@@H](c2nccn2CC2CCC2)C1. The zero-order chi connectivity index (χ0) is 18.8. The number of likely N-dealkylation sites (tertiary alicyclic amines) is 1. The number of carbonyl (C=O) groups is 1. The fourth-order valence-electron chi connectivity index (χ4n) is 4.05. The van der Waals surface area contributed by atoms with Crippen LogP contribution in [0.4, 0.5) is 0 Å². The summed E-state index contributed by atoms with van der Waals surface area (Å²) in [6.07, 6.45) is 11.1. The van der Waals surface area contributed by atoms with Crippen LogP contribution in [0.5, 0.6) is 0 Å². The highest BCUT2D eigenvalue weighted by Crippen LogP contribution is 2.31. The van der Waals surface area contributed by atoms with Crippen LogP contribution in [0.1, 0.15) is 49.4 Å². The number of hydrogen-bond acceptors (Lipinski definition) is 4. The second-order valence-electron chi connectivity index (χ2n) is 7.69. The number of nitrogens with zero attached hydrogens (tertiary/aromatic N) is 3. The van der Waals surface area contributed by atoms with Gasteiger partial charge in [0.05, 0.1) is 6.42 Å². The van der Waals surface area contributed by atoms with Gasteiger partial charge in [-0.25, -0.2) is 9.78 Å². The highest BCUT2D eigenvalue weighted by Gasteiger charge is 2.28. The summed E-state index contributed by atoms with van der Waals surface area (Å²) in [6.45, 7) is 2.34. The summed E-state index contributed by atoms with van der Waals surface area (Å²) in [5, 5.41) is 0. The molecule has 2 aromatic heterocycles. The van der Waals surface area contributed by atoms with Crippen LogP contribution in [-0.4, -0.2) is 43.4 Å². The van der Waals surface area contributed by atoms with Crippen LogP contribution in [-0.2, 0) is 17.8 Å². The third kappa shape index (κ3) is 3.89. The Bertz CT molecular complexity index is 924. The van der Waals surface area contributed by atoms with Gasteiger partial charge in [-0.3, -0.25) is 14.6 Å². The number of carbonyl (C=O) groups excluding carboxylic acids is 1. The lowest BCUT2D eigenvalue weighted by atomic mass is 9.85. The molecule has 2 aromatic rings. The van der Waals surface area contributed by atoms with E-state index in [1.54, 1.807) is 0 Å². The molecule has 8 heteroatoms. The summed E-state index contributed by atoms with van der Waals surface area (Å²) < 4.78 is 2.26. The lowest BCUT2D eigenvalue weighted by Crippen LogP contribution is -2.41. The minimum absolute atomic E-state index is 0.00462. The Labute approximate surface area is 156 Å². The van der Waals surface area contributed by atoms with Crippen molar-refractivity contribution >= 4 is 5.91 Å². The highest BCUT2D eigenvalue weighted by molar-refractivity contribution is 5.78. The molecular weight excluding hydrogens is 346 g/mol. The maximum Gasteiger partial charge on any atom is 0.325 e. The Hall–Kier alpha value is -2.64. The lowest BCUT2D eigenvalue weighted by Gasteiger charge is -2.33. The van der Waals surface area contributed by atoms with Gasteiger partial charge in [-0.05, 0) is 31.6 Å². The molecule has 1 saturated carbocycles. The molecule has 144 valence electrons. The van der Waals surface area contributed by atoms with E-state index in [1.165, 1.54) is 25.5 Å². The predicted molar refractivity (Wildman–Crippen MR) is 99.5 cm³/mol. The van der Waals surface area contributed by atoms with Crippen molar-refractivity contribution in [1.29, 1.82) is 0 Å². The zero-order valence-electron chi connectivity index (χ0n) is 15.3. The number of imidazole rings is 1. The number of piperidine rings is 1. The number of amides is 1. The Kier molecular flexibility index (Phi) is 4.96. The molecule has 2 N–H and O–H groups in total. The first kappa shape index (κ1) is 17.8. The Morgan fingerprint density at radius 2 is 2.07 bits per heavy atom. The standard InChI is InChI=1S/C19H25N5O3/c25-16(9-15-10-21-19(27)22-18(15)26)23-7-2-5-14(12-23)17-20-6-8-24(17)11-13-3-1-4-13/h6,8,10,13-14H,1-5,7,9,11-12H2,(H2,21,22,26,27)/t14-/m1/s1. The molecule has 0 spiro atoms. The van der Waals surface area contributed by atoms with Crippen molar-refractivity contribution in [2.75, 3.05) is 13.1 Å². The molecule has 1 amide bonds. The second kappa shape index (κ2) is 7.54. The van der Waals surface area contributed by atoms with Crippen molar-refractivity contribution in [2.24, 2.45) is 5.92 Å². The van der Waals surface area contributed by atoms with Crippen molar-refractivity contribution in [3.63, 3.8) is 0 Å². The molecule has 0 bridgehead atoms. The van der Waals surface area contributed by atoms with E-state index in [2.05, 4.69) is 19.5 Å². The van der Waals surface area contributed by atoms with Crippen LogP contribution in [0.15, 0.2) is 28.2 Å². The number of aromatic amines is 2. The summed E-state index contributed by atoms with van der Waals surface area (Å²) in [4.78, 5) is 46.6. The normalized spacial score (nSPS) is 20.4. The van der Waals surface area contributed by atoms with E-state index >= 15 is 0 Å². The topological polar surface area (TPSA) is 104 Å². The van der Waals surface area contributed by atoms with Crippen LogP contribution in [0.25, 0.3) is 0 Å². The molecule has 2 aliphatic rings. The number of rotatable bonds is 5. The van der Waals surface area contributed by atoms with E-state index in [0.29, 0.717) is 13.1 Å². The average molecular weight is 371 g/mol. The van der Waals surface area contributed by atoms with Crippen molar-refractivity contribution in [3.05, 3.63) is 50.8 Å². The van der Waals surface area contributed by atoms with Gasteiger partial charge in [0.1, 0.15) is 5.82 Å². The van der Waals surface area contributed by atoms with Gasteiger partial charge >= 0.3 is 5.69 Å². The maximum absolute atomic E-state index is 12.7. The van der Waals surface area contributed by atoms with Crippen LogP contribution >= 0.6 is 0 Å². The van der Waals surface area contributed by atoms with E-state index in [9.17, 15) is 14.4 Å². The van der Waals surface area contributed by atoms with E-state index in [1.807, 2.05) is 17.3 Å². The lowest BCUT2D eigenvalue weighted by molar-refractivity contribution is -0.131. The van der Waals surface area contributed by atoms with E-state index in [0.717, 1.165) is 31.1 Å². The van der Waals surface area contributed by atoms with E-state index < -0.39 is 11.2 Å². The van der Waals surface area contributed by atoms with E-state index in [4.69, 9.17) is 0 Å². The van der Waals surface area contributed by atoms with Gasteiger partial charge in [0.2, 0.25) is 5.91 Å². The Morgan fingerprint density at radius 3 is 2.81 bits per heavy atom. The molecular formula is C19H25N5O3. The number of H-pyrrole nitrogens is 2. The van der Waals surface area contributed by atoms with Crippen molar-refractivity contribution < 1.29 is 4.79 Å². The molecule has 0 radical (unpaired) electrons. The average Bonchev–Trinajstić information content (AvgIpc) is 3.09. The van der Waals surface area contributed by atoms with Gasteiger partial charge in [-0.1, -0.05) is 6.42 Å². The summed E-state index contributed by atoms with van der Waals surface area (Å²) in [6, 6.07) is 0. The zero-order valence-corrected chi connectivity index (χ0v) is 15.3. The van der Waals surface area contributed by atoms with Gasteiger partial charge in [0, 0.05) is 49.7 Å². The Balaban J connectivity index is 1.43. The highest BCUT2D eigenvalue weighted by atomic mass is 16.2. The molecule has 0 unspecified atom stereocenters. The molecule has 27 heavy (non-hydrogen) atoms. The third-order valence-corrected chi connectivity index (χ3v) is 5.80. The van der Waals surface area contributed by atoms with Crippen LogP contribution < -0.4 is 11.2 Å². The summed E-state index contributed by atoms with van der Waals surface area (Å²) >= 11 is 0. The second-order valence-corrected chi connectivity index (χ2v) is 7.69. The van der Waals surface area contributed by atoms with Gasteiger partial charge in [0.15, 0.2) is 0 Å². The quantitative estimate of drug-likeness (QED) is 0.818. The largest absolute Gasteiger partial charge is 0.342 e. The summed E-state index contributed by atoms with van der Waals surface area (Å²) in [5.74, 6) is 1.97. The van der Waals surface area contributed by atoms with Crippen molar-refractivity contribution in [1.82, 2.24) is 24.4 Å². The minimum Gasteiger partial charge on any atom is -0.342 e. The molecule has 1 atom stereocenters. The van der Waals surface area contributed by atoms with Crippen LogP contribution in [0.3, 0.4) is 0 Å². The van der Waals surface area contributed by atoms with E-state index in [-0.39, 0.29) is 23.8 Å². The predicted octanol–water partition coefficient (Wildman–Crippen LogP) is 1.01. The first-order valence-electron chi connectivity index (χ1n) is 9.70. The van der Waals surface area contributed by atoms with Gasteiger partial charge in [0.25, 0.3) is 5.56 Å². The molecule has 1 aliphatic heterocycles. The first-order chi connectivity index (χ1) is 13.1. The van der Waals surface area contributed by atoms with Crippen LogP contribution in [0, 0.1) is 5.92 Å². The minimum atomic E-state index is -0.562. The fraction of sp³-hybridized carbons (Fsp3) is 0.579. The van der Waals surface area contributed by atoms with Gasteiger partial charge in [-0.15, -0.1) is 0 Å². The molecule has 3 heterocycles. The molecule has 0 aromatic carbocycles. The molecule has 1 aliphatic carbocycles. The van der Waals surface area contributed by atoms with Crippen LogP contribution in [0.2, 0.25) is 0 Å². The molecule has 1 saturated heterocycles.